The van der Waals surface area contributed by atoms with E-state index < -0.39 is 6.10 Å². The lowest BCUT2D eigenvalue weighted by atomic mass is 9.98. The summed E-state index contributed by atoms with van der Waals surface area (Å²) in [5.41, 5.74) is 10.1. The lowest BCUT2D eigenvalue weighted by Gasteiger charge is -2.18. The van der Waals surface area contributed by atoms with Crippen LogP contribution in [0.4, 0.5) is 0 Å². The average molecular weight is 614 g/mol. The van der Waals surface area contributed by atoms with Crippen molar-refractivity contribution in [1.29, 1.82) is 0 Å². The van der Waals surface area contributed by atoms with Gasteiger partial charge in [-0.15, -0.1) is 0 Å². The summed E-state index contributed by atoms with van der Waals surface area (Å²) >= 11 is 0. The molecule has 2 N–H and O–H groups in total. The number of hydrogen-bond acceptors (Lipinski definition) is 3. The zero-order chi connectivity index (χ0) is 32.5. The van der Waals surface area contributed by atoms with Crippen molar-refractivity contribution >= 4 is 22.7 Å². The molecule has 2 heterocycles. The zero-order valence-corrected chi connectivity index (χ0v) is 27.4. The Morgan fingerprint density at radius 2 is 1.63 bits per heavy atom. The van der Waals surface area contributed by atoms with Crippen molar-refractivity contribution < 1.29 is 14.7 Å². The van der Waals surface area contributed by atoms with E-state index in [1.165, 1.54) is 16.8 Å². The first kappa shape index (κ1) is 31.3. The maximum Gasteiger partial charge on any atom is 0.254 e. The second-order valence-electron chi connectivity index (χ2n) is 13.0. The Hall–Kier alpha value is -4.68. The van der Waals surface area contributed by atoms with Crippen molar-refractivity contribution in [2.24, 2.45) is 0 Å². The Balaban J connectivity index is 1.20. The summed E-state index contributed by atoms with van der Waals surface area (Å²) in [4.78, 5) is 28.3. The molecule has 1 aromatic heterocycles. The molecule has 5 aromatic rings. The first-order chi connectivity index (χ1) is 22.1. The van der Waals surface area contributed by atoms with E-state index >= 15 is 0 Å². The lowest BCUT2D eigenvalue weighted by molar-refractivity contribution is 0.0765. The molecule has 0 spiro atoms. The Labute approximate surface area is 271 Å². The predicted molar refractivity (Wildman–Crippen MR) is 185 cm³/mol. The van der Waals surface area contributed by atoms with Gasteiger partial charge in [-0.05, 0) is 90.8 Å². The van der Waals surface area contributed by atoms with Gasteiger partial charge in [0.25, 0.3) is 11.8 Å². The molecule has 6 nitrogen and oxygen atoms in total. The van der Waals surface area contributed by atoms with Gasteiger partial charge in [0.15, 0.2) is 0 Å². The first-order valence-electron chi connectivity index (χ1n) is 16.3. The maximum atomic E-state index is 13.3. The van der Waals surface area contributed by atoms with Crippen molar-refractivity contribution in [3.63, 3.8) is 0 Å². The van der Waals surface area contributed by atoms with Crippen LogP contribution in [-0.4, -0.2) is 45.6 Å². The SMILES string of the molecule is Cc1c(C)n(Cc2ccc(-c3ccccc3C(=O)N3CCC(O)C3)cc2)c2ccc(C(=O)N[C@@H](C)c3cccc(C(C)C)c3)cc12. The maximum absolute atomic E-state index is 13.3. The van der Waals surface area contributed by atoms with Crippen molar-refractivity contribution in [2.45, 2.75) is 65.6 Å². The van der Waals surface area contributed by atoms with Crippen molar-refractivity contribution in [3.8, 4) is 11.1 Å². The number of likely N-dealkylation sites (tertiary alicyclic amines) is 1. The van der Waals surface area contributed by atoms with Crippen LogP contribution < -0.4 is 5.32 Å². The van der Waals surface area contributed by atoms with Crippen molar-refractivity contribution in [1.82, 2.24) is 14.8 Å². The molecule has 6 heteroatoms. The van der Waals surface area contributed by atoms with Crippen LogP contribution >= 0.6 is 0 Å². The van der Waals surface area contributed by atoms with E-state index in [0.717, 1.165) is 33.2 Å². The fourth-order valence-corrected chi connectivity index (χ4v) is 6.54. The number of hydrogen-bond donors (Lipinski definition) is 2. The number of aryl methyl sites for hydroxylation is 1. The summed E-state index contributed by atoms with van der Waals surface area (Å²) in [7, 11) is 0. The fourth-order valence-electron chi connectivity index (χ4n) is 6.54. The molecule has 2 atom stereocenters. The van der Waals surface area contributed by atoms with Gasteiger partial charge in [-0.25, -0.2) is 0 Å². The van der Waals surface area contributed by atoms with E-state index in [9.17, 15) is 14.7 Å². The Morgan fingerprint density at radius 3 is 2.35 bits per heavy atom. The minimum absolute atomic E-state index is 0.0380. The van der Waals surface area contributed by atoms with E-state index in [1.807, 2.05) is 43.3 Å². The van der Waals surface area contributed by atoms with Crippen LogP contribution in [0.25, 0.3) is 22.0 Å². The highest BCUT2D eigenvalue weighted by atomic mass is 16.3. The van der Waals surface area contributed by atoms with Gasteiger partial charge in [0.05, 0.1) is 12.1 Å². The standard InChI is InChI=1S/C40H43N3O3/c1-25(2)31-9-8-10-32(21-31)27(4)41-39(45)33-17-18-38-37(22-33)26(3)28(5)43(38)23-29-13-15-30(16-14-29)35-11-6-7-12-36(35)40(46)42-20-19-34(44)24-42/h6-18,21-22,25,27,34,44H,19-20,23-24H2,1-5H3,(H,41,45)/t27-,34?/m0/s1. The van der Waals surface area contributed by atoms with Gasteiger partial charge in [0.2, 0.25) is 0 Å². The average Bonchev–Trinajstić information content (AvgIpc) is 3.61. The van der Waals surface area contributed by atoms with Crippen molar-refractivity contribution in [3.05, 3.63) is 130 Å². The number of carbonyl (C=O) groups is 2. The van der Waals surface area contributed by atoms with Crippen LogP contribution in [0.1, 0.15) is 87.8 Å². The van der Waals surface area contributed by atoms with E-state index in [-0.39, 0.29) is 17.9 Å². The van der Waals surface area contributed by atoms with Crippen LogP contribution in [-0.2, 0) is 6.54 Å². The molecule has 1 aliphatic rings. The van der Waals surface area contributed by atoms with Crippen LogP contribution in [0.3, 0.4) is 0 Å². The number of carbonyl (C=O) groups excluding carboxylic acids is 2. The number of nitrogens with zero attached hydrogens (tertiary/aromatic N) is 2. The predicted octanol–water partition coefficient (Wildman–Crippen LogP) is 7.79. The summed E-state index contributed by atoms with van der Waals surface area (Å²) in [5, 5.41) is 14.2. The largest absolute Gasteiger partial charge is 0.391 e. The summed E-state index contributed by atoms with van der Waals surface area (Å²) in [6.45, 7) is 12.3. The molecule has 0 radical (unpaired) electrons. The summed E-state index contributed by atoms with van der Waals surface area (Å²) < 4.78 is 2.30. The molecular formula is C40H43N3O3. The molecule has 1 fully saturated rings. The lowest BCUT2D eigenvalue weighted by Crippen LogP contribution is -2.29. The van der Waals surface area contributed by atoms with E-state index in [4.69, 9.17) is 0 Å². The Bertz CT molecular complexity index is 1900. The highest BCUT2D eigenvalue weighted by Crippen LogP contribution is 2.30. The number of aliphatic hydroxyl groups excluding tert-OH is 1. The van der Waals surface area contributed by atoms with Gasteiger partial charge in [-0.1, -0.05) is 80.6 Å². The van der Waals surface area contributed by atoms with Gasteiger partial charge in [0.1, 0.15) is 0 Å². The van der Waals surface area contributed by atoms with Gasteiger partial charge < -0.3 is 19.9 Å². The quantitative estimate of drug-likeness (QED) is 0.188. The van der Waals surface area contributed by atoms with Crippen molar-refractivity contribution in [2.75, 3.05) is 13.1 Å². The molecule has 1 unspecified atom stereocenters. The molecule has 1 saturated heterocycles. The second-order valence-corrected chi connectivity index (χ2v) is 13.0. The Morgan fingerprint density at radius 1 is 0.891 bits per heavy atom. The zero-order valence-electron chi connectivity index (χ0n) is 27.4. The minimum Gasteiger partial charge on any atom is -0.391 e. The highest BCUT2D eigenvalue weighted by Gasteiger charge is 2.27. The Kier molecular flexibility index (Phi) is 8.83. The molecule has 0 saturated carbocycles. The number of benzene rings is 4. The fraction of sp³-hybridized carbons (Fsp3) is 0.300. The molecule has 0 aliphatic carbocycles. The number of aromatic nitrogens is 1. The van der Waals surface area contributed by atoms with Gasteiger partial charge in [-0.3, -0.25) is 9.59 Å². The molecule has 2 amide bonds. The number of amides is 2. The summed E-state index contributed by atoms with van der Waals surface area (Å²) in [6, 6.07) is 30.4. The molecule has 0 bridgehead atoms. The second kappa shape index (κ2) is 13.0. The molecule has 6 rings (SSSR count). The van der Waals surface area contributed by atoms with Crippen LogP contribution in [0.15, 0.2) is 91.0 Å². The normalized spacial score (nSPS) is 15.5. The van der Waals surface area contributed by atoms with Crippen LogP contribution in [0.2, 0.25) is 0 Å². The topological polar surface area (TPSA) is 74.6 Å². The number of nitrogens with one attached hydrogen (secondary N) is 1. The van der Waals surface area contributed by atoms with Crippen LogP contribution in [0.5, 0.6) is 0 Å². The van der Waals surface area contributed by atoms with Gasteiger partial charge in [0, 0.05) is 47.4 Å². The number of aliphatic hydroxyl groups is 1. The molecule has 1 aliphatic heterocycles. The van der Waals surface area contributed by atoms with E-state index in [1.54, 1.807) is 4.90 Å². The number of fused-ring (bicyclic) bond motifs is 1. The van der Waals surface area contributed by atoms with E-state index in [2.05, 4.69) is 92.2 Å². The number of β-amino-alcohol motifs (C(OH)–C–C–N with tert-alkyl or cyclic N) is 1. The molecule has 236 valence electrons. The smallest absolute Gasteiger partial charge is 0.254 e. The summed E-state index contributed by atoms with van der Waals surface area (Å²) in [6.07, 6.45) is 0.175. The number of rotatable bonds is 8. The third-order valence-electron chi connectivity index (χ3n) is 9.54. The van der Waals surface area contributed by atoms with Crippen LogP contribution in [0, 0.1) is 13.8 Å². The van der Waals surface area contributed by atoms with Gasteiger partial charge >= 0.3 is 0 Å². The molecule has 4 aromatic carbocycles. The van der Waals surface area contributed by atoms with Gasteiger partial charge in [-0.2, -0.15) is 0 Å². The summed E-state index contributed by atoms with van der Waals surface area (Å²) in [5.74, 6) is 0.315. The third-order valence-corrected chi connectivity index (χ3v) is 9.54. The third kappa shape index (κ3) is 6.22. The monoisotopic (exact) mass is 613 g/mol. The van der Waals surface area contributed by atoms with E-state index in [0.29, 0.717) is 43.1 Å². The first-order valence-corrected chi connectivity index (χ1v) is 16.3. The minimum atomic E-state index is -0.447. The highest BCUT2D eigenvalue weighted by molar-refractivity contribution is 6.01. The molecule has 46 heavy (non-hydrogen) atoms. The molecular weight excluding hydrogens is 570 g/mol.